The number of carbonyl (C=O) groups excluding carboxylic acids is 1. The van der Waals surface area contributed by atoms with Gasteiger partial charge in [-0.1, -0.05) is 6.07 Å². The summed E-state index contributed by atoms with van der Waals surface area (Å²) < 4.78 is 18.3. The molecule has 1 heterocycles. The van der Waals surface area contributed by atoms with Crippen molar-refractivity contribution < 1.29 is 13.9 Å². The van der Waals surface area contributed by atoms with Gasteiger partial charge in [-0.05, 0) is 55.6 Å². The number of ether oxygens (including phenoxy) is 1. The average Bonchev–Trinajstić information content (AvgIpc) is 2.39. The molecule has 0 bridgehead atoms. The van der Waals surface area contributed by atoms with Crippen LogP contribution in [0.4, 0.5) is 4.39 Å². The normalized spacial score (nSPS) is 15.5. The molecule has 1 aromatic carbocycles. The highest BCUT2D eigenvalue weighted by Gasteiger charge is 2.21. The van der Waals surface area contributed by atoms with Gasteiger partial charge in [-0.15, -0.1) is 0 Å². The number of aryl methyl sites for hydroxylation is 1. The molecule has 3 nitrogen and oxygen atoms in total. The predicted molar refractivity (Wildman–Crippen MR) is 72.2 cm³/mol. The van der Waals surface area contributed by atoms with E-state index in [-0.39, 0.29) is 11.8 Å². The van der Waals surface area contributed by atoms with E-state index in [0.29, 0.717) is 25.1 Å². The molecule has 102 valence electrons. The topological polar surface area (TPSA) is 38.3 Å². The van der Waals surface area contributed by atoms with Gasteiger partial charge in [0.05, 0.1) is 6.61 Å². The average molecular weight is 263 g/mol. The van der Waals surface area contributed by atoms with E-state index in [2.05, 4.69) is 5.32 Å². The zero-order valence-electron chi connectivity index (χ0n) is 11.3. The molecule has 19 heavy (non-hydrogen) atoms. The van der Waals surface area contributed by atoms with Crippen LogP contribution in [0.2, 0.25) is 0 Å². The Balaban J connectivity index is 2.45. The Morgan fingerprint density at radius 2 is 2.26 bits per heavy atom. The maximum atomic E-state index is 13.2. The van der Waals surface area contributed by atoms with Gasteiger partial charge in [0.2, 0.25) is 0 Å². The van der Waals surface area contributed by atoms with Crippen molar-refractivity contribution in [1.29, 1.82) is 0 Å². The van der Waals surface area contributed by atoms with Crippen molar-refractivity contribution in [1.82, 2.24) is 5.32 Å². The summed E-state index contributed by atoms with van der Waals surface area (Å²) in [5.41, 5.74) is 3.37. The summed E-state index contributed by atoms with van der Waals surface area (Å²) in [6.45, 7) is 5.38. The summed E-state index contributed by atoms with van der Waals surface area (Å²) in [5.74, 6) is -0.522. The quantitative estimate of drug-likeness (QED) is 0.851. The van der Waals surface area contributed by atoms with E-state index in [1.807, 2.05) is 6.92 Å². The fourth-order valence-electron chi connectivity index (χ4n) is 2.35. The molecule has 0 aromatic heterocycles. The van der Waals surface area contributed by atoms with Crippen LogP contribution in [0.25, 0.3) is 5.57 Å². The van der Waals surface area contributed by atoms with Crippen LogP contribution in [0, 0.1) is 12.7 Å². The van der Waals surface area contributed by atoms with Gasteiger partial charge in [0.25, 0.3) is 0 Å². The molecule has 0 saturated heterocycles. The standard InChI is InChI=1S/C15H18FNO2/c1-3-19-15(18)13-6-7-17-9-14(13)12-5-4-11(16)8-10(12)2/h4-5,8,17H,3,6-7,9H2,1-2H3. The molecule has 0 unspecified atom stereocenters. The van der Waals surface area contributed by atoms with Gasteiger partial charge in [0, 0.05) is 12.1 Å². The number of rotatable bonds is 3. The minimum Gasteiger partial charge on any atom is -0.463 e. The van der Waals surface area contributed by atoms with E-state index >= 15 is 0 Å². The second-order valence-electron chi connectivity index (χ2n) is 4.56. The number of esters is 1. The van der Waals surface area contributed by atoms with Crippen LogP contribution >= 0.6 is 0 Å². The smallest absolute Gasteiger partial charge is 0.334 e. The van der Waals surface area contributed by atoms with Crippen LogP contribution in [0.15, 0.2) is 23.8 Å². The number of halogens is 1. The minimum atomic E-state index is -0.261. The third-order valence-corrected chi connectivity index (χ3v) is 3.25. The fraction of sp³-hybridized carbons (Fsp3) is 0.400. The molecule has 2 rings (SSSR count). The maximum Gasteiger partial charge on any atom is 0.334 e. The fourth-order valence-corrected chi connectivity index (χ4v) is 2.35. The summed E-state index contributed by atoms with van der Waals surface area (Å²) in [5, 5.41) is 3.24. The maximum absolute atomic E-state index is 13.2. The minimum absolute atomic E-state index is 0.261. The van der Waals surface area contributed by atoms with Crippen molar-refractivity contribution in [3.05, 3.63) is 40.7 Å². The van der Waals surface area contributed by atoms with Crippen LogP contribution < -0.4 is 5.32 Å². The Kier molecular flexibility index (Phi) is 4.32. The first-order chi connectivity index (χ1) is 9.13. The van der Waals surface area contributed by atoms with Crippen LogP contribution in [-0.2, 0) is 9.53 Å². The number of hydrogen-bond donors (Lipinski definition) is 1. The summed E-state index contributed by atoms with van der Waals surface area (Å²) >= 11 is 0. The molecule has 0 spiro atoms. The molecular weight excluding hydrogens is 245 g/mol. The Labute approximate surface area is 112 Å². The van der Waals surface area contributed by atoms with Crippen molar-refractivity contribution in [2.75, 3.05) is 19.7 Å². The second-order valence-corrected chi connectivity index (χ2v) is 4.56. The third-order valence-electron chi connectivity index (χ3n) is 3.25. The Bertz CT molecular complexity index is 523. The van der Waals surface area contributed by atoms with Gasteiger partial charge in [-0.2, -0.15) is 0 Å². The molecular formula is C15H18FNO2. The lowest BCUT2D eigenvalue weighted by atomic mass is 9.92. The highest BCUT2D eigenvalue weighted by molar-refractivity contribution is 5.98. The summed E-state index contributed by atoms with van der Waals surface area (Å²) in [6, 6.07) is 4.64. The van der Waals surface area contributed by atoms with E-state index in [0.717, 1.165) is 23.2 Å². The molecule has 1 N–H and O–H groups in total. The van der Waals surface area contributed by atoms with Crippen LogP contribution in [0.1, 0.15) is 24.5 Å². The molecule has 0 radical (unpaired) electrons. The van der Waals surface area contributed by atoms with Gasteiger partial charge < -0.3 is 10.1 Å². The van der Waals surface area contributed by atoms with Crippen molar-refractivity contribution in [2.24, 2.45) is 0 Å². The van der Waals surface area contributed by atoms with Crippen LogP contribution in [-0.4, -0.2) is 25.7 Å². The van der Waals surface area contributed by atoms with Gasteiger partial charge >= 0.3 is 5.97 Å². The van der Waals surface area contributed by atoms with Gasteiger partial charge in [0.1, 0.15) is 5.82 Å². The molecule has 1 aromatic rings. The number of benzene rings is 1. The number of nitrogens with one attached hydrogen (secondary N) is 1. The van der Waals surface area contributed by atoms with Crippen LogP contribution in [0.5, 0.6) is 0 Å². The summed E-state index contributed by atoms with van der Waals surface area (Å²) in [4.78, 5) is 12.0. The zero-order valence-corrected chi connectivity index (χ0v) is 11.3. The molecule has 0 aliphatic carbocycles. The lowest BCUT2D eigenvalue weighted by Gasteiger charge is -2.21. The predicted octanol–water partition coefficient (Wildman–Crippen LogP) is 2.44. The van der Waals surface area contributed by atoms with Gasteiger partial charge in [-0.25, -0.2) is 9.18 Å². The monoisotopic (exact) mass is 263 g/mol. The molecule has 0 atom stereocenters. The van der Waals surface area contributed by atoms with Gasteiger partial charge in [-0.3, -0.25) is 0 Å². The van der Waals surface area contributed by atoms with Crippen molar-refractivity contribution in [3.63, 3.8) is 0 Å². The van der Waals surface area contributed by atoms with E-state index in [4.69, 9.17) is 4.74 Å². The zero-order chi connectivity index (χ0) is 13.8. The number of hydrogen-bond acceptors (Lipinski definition) is 3. The van der Waals surface area contributed by atoms with Crippen molar-refractivity contribution in [2.45, 2.75) is 20.3 Å². The summed E-state index contributed by atoms with van der Waals surface area (Å²) in [6.07, 6.45) is 0.644. The van der Waals surface area contributed by atoms with E-state index < -0.39 is 0 Å². The Morgan fingerprint density at radius 3 is 2.95 bits per heavy atom. The van der Waals surface area contributed by atoms with E-state index in [9.17, 15) is 9.18 Å². The Morgan fingerprint density at radius 1 is 1.47 bits per heavy atom. The lowest BCUT2D eigenvalue weighted by Crippen LogP contribution is -2.28. The molecule has 1 aliphatic heterocycles. The van der Waals surface area contributed by atoms with Crippen LogP contribution in [0.3, 0.4) is 0 Å². The van der Waals surface area contributed by atoms with Crippen molar-refractivity contribution >= 4 is 11.5 Å². The molecule has 0 amide bonds. The lowest BCUT2D eigenvalue weighted by molar-refractivity contribution is -0.138. The second kappa shape index (κ2) is 5.97. The SMILES string of the molecule is CCOC(=O)C1=C(c2ccc(F)cc2C)CNCC1. The molecule has 4 heteroatoms. The van der Waals surface area contributed by atoms with E-state index in [1.54, 1.807) is 13.0 Å². The molecule has 1 aliphatic rings. The first-order valence-electron chi connectivity index (χ1n) is 6.50. The largest absolute Gasteiger partial charge is 0.463 e. The van der Waals surface area contributed by atoms with E-state index in [1.165, 1.54) is 12.1 Å². The molecule has 0 saturated carbocycles. The molecule has 0 fully saturated rings. The summed E-state index contributed by atoms with van der Waals surface area (Å²) in [7, 11) is 0. The highest BCUT2D eigenvalue weighted by atomic mass is 19.1. The first kappa shape index (κ1) is 13.7. The van der Waals surface area contributed by atoms with Crippen molar-refractivity contribution in [3.8, 4) is 0 Å². The number of carbonyl (C=O) groups is 1. The third kappa shape index (κ3) is 3.01. The first-order valence-corrected chi connectivity index (χ1v) is 6.50. The Hall–Kier alpha value is -1.68. The highest BCUT2D eigenvalue weighted by Crippen LogP contribution is 2.27. The van der Waals surface area contributed by atoms with Gasteiger partial charge in [0.15, 0.2) is 0 Å².